The summed E-state index contributed by atoms with van der Waals surface area (Å²) < 4.78 is 0. The van der Waals surface area contributed by atoms with E-state index < -0.39 is 0 Å². The fourth-order valence-electron chi connectivity index (χ4n) is 3.12. The predicted octanol–water partition coefficient (Wildman–Crippen LogP) is 3.33. The Labute approximate surface area is 184 Å². The topological polar surface area (TPSA) is 98.2 Å². The second kappa shape index (κ2) is 12.7. The normalized spacial score (nSPS) is 11.8. The number of hydrogen-bond donors (Lipinski definition) is 4. The van der Waals surface area contributed by atoms with E-state index in [0.717, 1.165) is 55.3 Å². The van der Waals surface area contributed by atoms with Crippen LogP contribution in [0.4, 0.5) is 0 Å². The molecule has 28 heavy (non-hydrogen) atoms. The highest BCUT2D eigenvalue weighted by Crippen LogP contribution is 2.29. The third-order valence-electron chi connectivity index (χ3n) is 5.15. The SMILES string of the molecule is CCNC(=NCc1cccc(-c2ncn[nH]2)c1)NCC(CC)(CC)CCO.I. The lowest BCUT2D eigenvalue weighted by molar-refractivity contribution is 0.169. The molecule has 0 spiro atoms. The minimum absolute atomic E-state index is 0. The van der Waals surface area contributed by atoms with Crippen LogP contribution in [0.5, 0.6) is 0 Å². The highest BCUT2D eigenvalue weighted by atomic mass is 127. The summed E-state index contributed by atoms with van der Waals surface area (Å²) in [5.41, 5.74) is 2.20. The number of aliphatic hydroxyl groups is 1. The van der Waals surface area contributed by atoms with Gasteiger partial charge in [0.1, 0.15) is 6.33 Å². The molecule has 0 aliphatic heterocycles. The lowest BCUT2D eigenvalue weighted by Crippen LogP contribution is -2.43. The molecule has 7 nitrogen and oxygen atoms in total. The van der Waals surface area contributed by atoms with Gasteiger partial charge in [0.25, 0.3) is 0 Å². The maximum Gasteiger partial charge on any atom is 0.191 e. The number of guanidine groups is 1. The molecule has 0 aliphatic carbocycles. The summed E-state index contributed by atoms with van der Waals surface area (Å²) in [6.45, 7) is 8.80. The molecule has 4 N–H and O–H groups in total. The minimum atomic E-state index is 0. The first kappa shape index (κ1) is 24.4. The van der Waals surface area contributed by atoms with Crippen LogP contribution in [0.3, 0.4) is 0 Å². The molecular weight excluding hydrogens is 467 g/mol. The van der Waals surface area contributed by atoms with Gasteiger partial charge in [-0.15, -0.1) is 24.0 Å². The van der Waals surface area contributed by atoms with Crippen molar-refractivity contribution in [2.75, 3.05) is 19.7 Å². The van der Waals surface area contributed by atoms with Crippen molar-refractivity contribution in [2.45, 2.75) is 46.6 Å². The van der Waals surface area contributed by atoms with E-state index in [2.05, 4.69) is 58.7 Å². The molecule has 156 valence electrons. The van der Waals surface area contributed by atoms with Crippen LogP contribution < -0.4 is 10.6 Å². The fourth-order valence-corrected chi connectivity index (χ4v) is 3.12. The van der Waals surface area contributed by atoms with Crippen molar-refractivity contribution in [1.29, 1.82) is 0 Å². The number of aromatic nitrogens is 3. The van der Waals surface area contributed by atoms with Crippen LogP contribution >= 0.6 is 24.0 Å². The van der Waals surface area contributed by atoms with E-state index in [-0.39, 0.29) is 36.0 Å². The van der Waals surface area contributed by atoms with E-state index in [1.165, 1.54) is 6.33 Å². The predicted molar refractivity (Wildman–Crippen MR) is 125 cm³/mol. The van der Waals surface area contributed by atoms with Crippen molar-refractivity contribution in [3.8, 4) is 11.4 Å². The number of benzene rings is 1. The molecule has 0 unspecified atom stereocenters. The van der Waals surface area contributed by atoms with Crippen LogP contribution in [0.25, 0.3) is 11.4 Å². The van der Waals surface area contributed by atoms with Gasteiger partial charge in [-0.1, -0.05) is 32.0 Å². The second-order valence-corrected chi connectivity index (χ2v) is 6.76. The Balaban J connectivity index is 0.00000392. The van der Waals surface area contributed by atoms with Crippen molar-refractivity contribution < 1.29 is 5.11 Å². The Morgan fingerprint density at radius 2 is 2.00 bits per heavy atom. The zero-order chi connectivity index (χ0) is 19.5. The maximum absolute atomic E-state index is 9.40. The molecule has 8 heteroatoms. The lowest BCUT2D eigenvalue weighted by Gasteiger charge is -2.32. The van der Waals surface area contributed by atoms with Crippen molar-refractivity contribution >= 4 is 29.9 Å². The minimum Gasteiger partial charge on any atom is -0.396 e. The van der Waals surface area contributed by atoms with Gasteiger partial charge in [0.15, 0.2) is 11.8 Å². The molecule has 2 aromatic rings. The molecule has 1 aromatic heterocycles. The molecular formula is C20H33IN6O. The summed E-state index contributed by atoms with van der Waals surface area (Å²) in [5, 5.41) is 23.0. The number of nitrogens with zero attached hydrogens (tertiary/aromatic N) is 3. The zero-order valence-corrected chi connectivity index (χ0v) is 19.4. The highest BCUT2D eigenvalue weighted by molar-refractivity contribution is 14.0. The first-order valence-corrected chi connectivity index (χ1v) is 9.74. The van der Waals surface area contributed by atoms with Crippen molar-refractivity contribution in [3.63, 3.8) is 0 Å². The van der Waals surface area contributed by atoms with Crippen LogP contribution in [0.1, 0.15) is 45.6 Å². The number of aromatic amines is 1. The first-order chi connectivity index (χ1) is 13.2. The van der Waals surface area contributed by atoms with Crippen LogP contribution in [0, 0.1) is 5.41 Å². The molecule has 0 bridgehead atoms. The third-order valence-corrected chi connectivity index (χ3v) is 5.15. The number of H-pyrrole nitrogens is 1. The van der Waals surface area contributed by atoms with Gasteiger partial charge >= 0.3 is 0 Å². The van der Waals surface area contributed by atoms with E-state index in [1.807, 2.05) is 12.1 Å². The van der Waals surface area contributed by atoms with Gasteiger partial charge in [-0.25, -0.2) is 9.98 Å². The van der Waals surface area contributed by atoms with Gasteiger partial charge in [0.05, 0.1) is 6.54 Å². The van der Waals surface area contributed by atoms with E-state index in [1.54, 1.807) is 0 Å². The van der Waals surface area contributed by atoms with E-state index >= 15 is 0 Å². The molecule has 0 radical (unpaired) electrons. The van der Waals surface area contributed by atoms with Gasteiger partial charge < -0.3 is 15.7 Å². The number of aliphatic hydroxyl groups excluding tert-OH is 1. The van der Waals surface area contributed by atoms with E-state index in [4.69, 9.17) is 4.99 Å². The highest BCUT2D eigenvalue weighted by Gasteiger charge is 2.25. The Bertz CT molecular complexity index is 700. The van der Waals surface area contributed by atoms with Crippen molar-refractivity contribution in [3.05, 3.63) is 36.2 Å². The Morgan fingerprint density at radius 1 is 1.21 bits per heavy atom. The molecule has 0 amide bonds. The number of aliphatic imine (C=N–C) groups is 1. The Kier molecular flexibility index (Phi) is 11.1. The number of halogens is 1. The summed E-state index contributed by atoms with van der Waals surface area (Å²) in [4.78, 5) is 8.92. The molecule has 1 aromatic carbocycles. The summed E-state index contributed by atoms with van der Waals surface area (Å²) in [7, 11) is 0. The van der Waals surface area contributed by atoms with Gasteiger partial charge in [-0.3, -0.25) is 5.10 Å². The quantitative estimate of drug-likeness (QED) is 0.228. The van der Waals surface area contributed by atoms with Crippen molar-refractivity contribution in [2.24, 2.45) is 10.4 Å². The monoisotopic (exact) mass is 500 g/mol. The number of nitrogens with one attached hydrogen (secondary N) is 3. The lowest BCUT2D eigenvalue weighted by atomic mass is 9.79. The van der Waals surface area contributed by atoms with Gasteiger partial charge in [-0.05, 0) is 43.2 Å². The standard InChI is InChI=1S/C20H32N6O.HI/c1-4-20(5-2,10-11-27)14-23-19(21-6-3)22-13-16-8-7-9-17(12-16)18-24-15-25-26-18;/h7-9,12,15,27H,4-6,10-11,13-14H2,1-3H3,(H2,21,22,23)(H,24,25,26);1H. The van der Waals surface area contributed by atoms with E-state index in [9.17, 15) is 5.11 Å². The maximum atomic E-state index is 9.40. The fraction of sp³-hybridized carbons (Fsp3) is 0.550. The Hall–Kier alpha value is -1.68. The average Bonchev–Trinajstić information content (AvgIpc) is 3.24. The number of rotatable bonds is 10. The third kappa shape index (κ3) is 7.05. The second-order valence-electron chi connectivity index (χ2n) is 6.76. The average molecular weight is 500 g/mol. The summed E-state index contributed by atoms with van der Waals surface area (Å²) in [6.07, 6.45) is 4.35. The molecule has 0 fully saturated rings. The summed E-state index contributed by atoms with van der Waals surface area (Å²) in [5.74, 6) is 1.55. The summed E-state index contributed by atoms with van der Waals surface area (Å²) in [6, 6.07) is 8.13. The van der Waals surface area contributed by atoms with Gasteiger partial charge in [0.2, 0.25) is 0 Å². The molecule has 0 saturated heterocycles. The smallest absolute Gasteiger partial charge is 0.191 e. The first-order valence-electron chi connectivity index (χ1n) is 9.74. The molecule has 1 heterocycles. The molecule has 0 aliphatic rings. The van der Waals surface area contributed by atoms with E-state index in [0.29, 0.717) is 6.54 Å². The Morgan fingerprint density at radius 3 is 2.61 bits per heavy atom. The molecule has 2 rings (SSSR count). The summed E-state index contributed by atoms with van der Waals surface area (Å²) >= 11 is 0. The van der Waals surface area contributed by atoms with Crippen LogP contribution in [-0.2, 0) is 6.54 Å². The zero-order valence-electron chi connectivity index (χ0n) is 17.0. The molecule has 0 atom stereocenters. The van der Waals surface area contributed by atoms with Gasteiger partial charge in [0, 0.05) is 25.3 Å². The molecule has 0 saturated carbocycles. The number of hydrogen-bond acceptors (Lipinski definition) is 4. The van der Waals surface area contributed by atoms with Gasteiger partial charge in [-0.2, -0.15) is 5.10 Å². The largest absolute Gasteiger partial charge is 0.396 e. The van der Waals surface area contributed by atoms with Crippen LogP contribution in [0.2, 0.25) is 0 Å². The van der Waals surface area contributed by atoms with Crippen molar-refractivity contribution in [1.82, 2.24) is 25.8 Å². The van der Waals surface area contributed by atoms with Crippen LogP contribution in [0.15, 0.2) is 35.6 Å². The van der Waals surface area contributed by atoms with Crippen LogP contribution in [-0.4, -0.2) is 45.9 Å².